The topological polar surface area (TPSA) is 29.5 Å². The van der Waals surface area contributed by atoms with E-state index >= 15 is 0 Å². The Kier molecular flexibility index (Phi) is 3.28. The third-order valence-electron chi connectivity index (χ3n) is 2.76. The molecule has 1 unspecified atom stereocenters. The van der Waals surface area contributed by atoms with Crippen molar-refractivity contribution in [3.05, 3.63) is 29.8 Å². The van der Waals surface area contributed by atoms with Crippen LogP contribution >= 0.6 is 0 Å². The summed E-state index contributed by atoms with van der Waals surface area (Å²) in [5.74, 6) is 0.122. The summed E-state index contributed by atoms with van der Waals surface area (Å²) in [6, 6.07) is 5.73. The molecular weight excluding hydrogens is 233 g/mol. The Labute approximate surface area is 97.0 Å². The van der Waals surface area contributed by atoms with Gasteiger partial charge in [0.05, 0.1) is 6.10 Å². The van der Waals surface area contributed by atoms with E-state index in [2.05, 4.69) is 4.74 Å². The fraction of sp³-hybridized carbons (Fsp3) is 0.500. The minimum atomic E-state index is -4.73. The van der Waals surface area contributed by atoms with Crippen molar-refractivity contribution in [3.63, 3.8) is 0 Å². The number of rotatable bonds is 4. The van der Waals surface area contributed by atoms with Crippen LogP contribution in [0.1, 0.15) is 30.9 Å². The minimum absolute atomic E-state index is 0.205. The molecule has 0 aliphatic heterocycles. The number of alkyl halides is 3. The van der Waals surface area contributed by atoms with E-state index in [1.54, 1.807) is 6.07 Å². The number of hydrogen-bond donors (Lipinski definition) is 1. The van der Waals surface area contributed by atoms with Crippen LogP contribution in [-0.2, 0) is 0 Å². The lowest BCUT2D eigenvalue weighted by Crippen LogP contribution is -2.18. The number of halogens is 3. The fourth-order valence-electron chi connectivity index (χ4n) is 1.77. The minimum Gasteiger partial charge on any atom is -0.405 e. The van der Waals surface area contributed by atoms with Crippen molar-refractivity contribution in [3.8, 4) is 5.75 Å². The molecule has 1 fully saturated rings. The molecule has 1 aliphatic rings. The van der Waals surface area contributed by atoms with Crippen molar-refractivity contribution in [2.45, 2.75) is 31.7 Å². The van der Waals surface area contributed by atoms with Crippen LogP contribution in [0.2, 0.25) is 0 Å². The third-order valence-corrected chi connectivity index (χ3v) is 2.76. The molecule has 1 aliphatic carbocycles. The Hall–Kier alpha value is -1.23. The average Bonchev–Trinajstić information content (AvgIpc) is 3.00. The van der Waals surface area contributed by atoms with Crippen molar-refractivity contribution in [1.82, 2.24) is 0 Å². The number of para-hydroxylation sites is 1. The second kappa shape index (κ2) is 4.56. The fourth-order valence-corrected chi connectivity index (χ4v) is 1.77. The molecule has 0 amide bonds. The average molecular weight is 246 g/mol. The zero-order valence-corrected chi connectivity index (χ0v) is 9.07. The second-order valence-corrected chi connectivity index (χ2v) is 4.28. The van der Waals surface area contributed by atoms with Gasteiger partial charge >= 0.3 is 6.36 Å². The van der Waals surface area contributed by atoms with Crippen LogP contribution in [0.25, 0.3) is 0 Å². The van der Waals surface area contributed by atoms with Crippen molar-refractivity contribution >= 4 is 0 Å². The molecule has 17 heavy (non-hydrogen) atoms. The maximum absolute atomic E-state index is 12.2. The van der Waals surface area contributed by atoms with Gasteiger partial charge in [-0.2, -0.15) is 0 Å². The summed E-state index contributed by atoms with van der Waals surface area (Å²) < 4.78 is 40.4. The van der Waals surface area contributed by atoms with Gasteiger partial charge in [-0.3, -0.25) is 0 Å². The number of benzene rings is 1. The standard InChI is InChI=1S/C12H13F3O2/c13-12(14,15)17-11-4-2-1-3-9(11)10(16)7-8-5-6-8/h1-4,8,10,16H,5-7H2. The van der Waals surface area contributed by atoms with Crippen LogP contribution in [0.3, 0.4) is 0 Å². The lowest BCUT2D eigenvalue weighted by Gasteiger charge is -2.16. The highest BCUT2D eigenvalue weighted by molar-refractivity contribution is 5.35. The van der Waals surface area contributed by atoms with Gasteiger partial charge < -0.3 is 9.84 Å². The van der Waals surface area contributed by atoms with Crippen molar-refractivity contribution in [1.29, 1.82) is 0 Å². The SMILES string of the molecule is OC(CC1CC1)c1ccccc1OC(F)(F)F. The summed E-state index contributed by atoms with van der Waals surface area (Å²) in [7, 11) is 0. The maximum Gasteiger partial charge on any atom is 0.573 e. The van der Waals surface area contributed by atoms with Gasteiger partial charge in [0.25, 0.3) is 0 Å². The summed E-state index contributed by atoms with van der Waals surface area (Å²) in [5, 5.41) is 9.86. The van der Waals surface area contributed by atoms with Gasteiger partial charge in [-0.15, -0.1) is 13.2 Å². The Morgan fingerprint density at radius 1 is 1.29 bits per heavy atom. The van der Waals surface area contributed by atoms with Crippen LogP contribution in [-0.4, -0.2) is 11.5 Å². The Morgan fingerprint density at radius 3 is 2.53 bits per heavy atom. The monoisotopic (exact) mass is 246 g/mol. The Balaban J connectivity index is 2.13. The lowest BCUT2D eigenvalue weighted by atomic mass is 10.0. The van der Waals surface area contributed by atoms with Gasteiger partial charge in [-0.1, -0.05) is 31.0 Å². The summed E-state index contributed by atoms with van der Waals surface area (Å²) >= 11 is 0. The normalized spacial score (nSPS) is 17.9. The van der Waals surface area contributed by atoms with Gasteiger partial charge in [0, 0.05) is 5.56 Å². The van der Waals surface area contributed by atoms with E-state index in [9.17, 15) is 18.3 Å². The van der Waals surface area contributed by atoms with Crippen LogP contribution < -0.4 is 4.74 Å². The predicted molar refractivity (Wildman–Crippen MR) is 55.4 cm³/mol. The molecule has 0 radical (unpaired) electrons. The van der Waals surface area contributed by atoms with E-state index in [1.165, 1.54) is 18.2 Å². The number of aliphatic hydroxyl groups excluding tert-OH is 1. The second-order valence-electron chi connectivity index (χ2n) is 4.28. The molecule has 1 atom stereocenters. The van der Waals surface area contributed by atoms with Crippen LogP contribution in [0, 0.1) is 5.92 Å². The largest absolute Gasteiger partial charge is 0.573 e. The molecule has 0 spiro atoms. The van der Waals surface area contributed by atoms with Crippen LogP contribution in [0.15, 0.2) is 24.3 Å². The molecule has 94 valence electrons. The van der Waals surface area contributed by atoms with Gasteiger partial charge in [0.15, 0.2) is 0 Å². The number of ether oxygens (including phenoxy) is 1. The molecule has 0 bridgehead atoms. The molecule has 2 rings (SSSR count). The molecule has 0 aromatic heterocycles. The summed E-state index contributed by atoms with van der Waals surface area (Å²) in [5.41, 5.74) is 0.205. The first-order valence-corrected chi connectivity index (χ1v) is 5.48. The highest BCUT2D eigenvalue weighted by Gasteiger charge is 2.33. The van der Waals surface area contributed by atoms with E-state index in [1.807, 2.05) is 0 Å². The van der Waals surface area contributed by atoms with Gasteiger partial charge in [-0.25, -0.2) is 0 Å². The lowest BCUT2D eigenvalue weighted by molar-refractivity contribution is -0.275. The Bertz CT molecular complexity index is 386. The Morgan fingerprint density at radius 2 is 1.94 bits per heavy atom. The first-order chi connectivity index (χ1) is 7.96. The molecule has 2 nitrogen and oxygen atoms in total. The van der Waals surface area contributed by atoms with E-state index in [0.29, 0.717) is 12.3 Å². The summed E-state index contributed by atoms with van der Waals surface area (Å²) in [6.07, 6.45) is -3.03. The van der Waals surface area contributed by atoms with Crippen molar-refractivity contribution in [2.24, 2.45) is 5.92 Å². The first-order valence-electron chi connectivity index (χ1n) is 5.48. The quantitative estimate of drug-likeness (QED) is 0.882. The number of aliphatic hydroxyl groups is 1. The molecule has 1 aromatic carbocycles. The molecule has 5 heteroatoms. The van der Waals surface area contributed by atoms with Crippen LogP contribution in [0.5, 0.6) is 5.75 Å². The number of hydrogen-bond acceptors (Lipinski definition) is 2. The zero-order valence-electron chi connectivity index (χ0n) is 9.07. The third kappa shape index (κ3) is 3.63. The molecule has 1 N–H and O–H groups in total. The van der Waals surface area contributed by atoms with Crippen molar-refractivity contribution < 1.29 is 23.0 Å². The first kappa shape index (κ1) is 12.2. The molecular formula is C12H13F3O2. The summed E-state index contributed by atoms with van der Waals surface area (Å²) in [4.78, 5) is 0. The van der Waals surface area contributed by atoms with E-state index in [4.69, 9.17) is 0 Å². The summed E-state index contributed by atoms with van der Waals surface area (Å²) in [6.45, 7) is 0. The molecule has 0 saturated heterocycles. The van der Waals surface area contributed by atoms with E-state index < -0.39 is 12.5 Å². The van der Waals surface area contributed by atoms with Gasteiger partial charge in [0.2, 0.25) is 0 Å². The highest BCUT2D eigenvalue weighted by Crippen LogP contribution is 2.40. The van der Waals surface area contributed by atoms with Gasteiger partial charge in [0.1, 0.15) is 5.75 Å². The van der Waals surface area contributed by atoms with E-state index in [0.717, 1.165) is 12.8 Å². The zero-order chi connectivity index (χ0) is 12.5. The smallest absolute Gasteiger partial charge is 0.405 e. The van der Waals surface area contributed by atoms with Crippen LogP contribution in [0.4, 0.5) is 13.2 Å². The van der Waals surface area contributed by atoms with Crippen molar-refractivity contribution in [2.75, 3.05) is 0 Å². The van der Waals surface area contributed by atoms with E-state index in [-0.39, 0.29) is 11.3 Å². The molecule has 0 heterocycles. The maximum atomic E-state index is 12.2. The molecule has 1 saturated carbocycles. The highest BCUT2D eigenvalue weighted by atomic mass is 19.4. The van der Waals surface area contributed by atoms with Gasteiger partial charge in [-0.05, 0) is 18.4 Å². The predicted octanol–water partition coefficient (Wildman–Crippen LogP) is 3.42. The molecule has 1 aromatic rings.